The number of fused-ring (bicyclic) bond motifs is 3. The van der Waals surface area contributed by atoms with Gasteiger partial charge in [-0.15, -0.1) is 0 Å². The number of pyridine rings is 1. The predicted molar refractivity (Wildman–Crippen MR) is 116 cm³/mol. The normalized spacial score (nSPS) is 20.5. The van der Waals surface area contributed by atoms with E-state index < -0.39 is 0 Å². The summed E-state index contributed by atoms with van der Waals surface area (Å²) in [6.07, 6.45) is 3.28. The summed E-state index contributed by atoms with van der Waals surface area (Å²) in [7, 11) is 0. The monoisotopic (exact) mass is 432 g/mol. The number of allylic oxidation sites excluding steroid dienone is 2. The van der Waals surface area contributed by atoms with Crippen LogP contribution >= 0.6 is 15.9 Å². The molecule has 1 atom stereocenters. The summed E-state index contributed by atoms with van der Waals surface area (Å²) in [6, 6.07) is 16.6. The SMILES string of the molecule is CC1(C)CC(=O)C2=C(C1)Nc1ccc3cccnc3c1C2c1cccc(Br)c1. The standard InChI is InChI=1S/C24H21BrN2O/c1-24(2)12-18-21(19(28)13-24)20(15-5-3-7-16(25)11-15)22-17(27-18)9-8-14-6-4-10-26-23(14)22/h3-11,20,27H,12-13H2,1-2H3. The van der Waals surface area contributed by atoms with Crippen LogP contribution in [0.3, 0.4) is 0 Å². The number of carbonyl (C=O) groups is 1. The van der Waals surface area contributed by atoms with Crippen LogP contribution in [0.2, 0.25) is 0 Å². The van der Waals surface area contributed by atoms with Crippen LogP contribution in [0, 0.1) is 5.41 Å². The quantitative estimate of drug-likeness (QED) is 0.497. The zero-order chi connectivity index (χ0) is 19.5. The molecule has 0 saturated carbocycles. The Balaban J connectivity index is 1.83. The van der Waals surface area contributed by atoms with E-state index in [-0.39, 0.29) is 17.1 Å². The van der Waals surface area contributed by atoms with Gasteiger partial charge in [0, 0.05) is 50.9 Å². The first-order chi connectivity index (χ1) is 13.4. The molecule has 0 amide bonds. The van der Waals surface area contributed by atoms with Gasteiger partial charge in [0.15, 0.2) is 5.78 Å². The van der Waals surface area contributed by atoms with Gasteiger partial charge in [-0.05, 0) is 41.7 Å². The van der Waals surface area contributed by atoms with Crippen molar-refractivity contribution < 1.29 is 4.79 Å². The first kappa shape index (κ1) is 17.6. The molecule has 3 nitrogen and oxygen atoms in total. The fourth-order valence-corrected chi connectivity index (χ4v) is 5.09. The van der Waals surface area contributed by atoms with Crippen molar-refractivity contribution in [3.63, 3.8) is 0 Å². The lowest BCUT2D eigenvalue weighted by Gasteiger charge is -2.39. The Kier molecular flexibility index (Phi) is 3.95. The number of anilines is 1. The van der Waals surface area contributed by atoms with Gasteiger partial charge < -0.3 is 5.32 Å². The smallest absolute Gasteiger partial charge is 0.162 e. The van der Waals surface area contributed by atoms with Gasteiger partial charge in [0.05, 0.1) is 5.52 Å². The molecule has 1 aliphatic heterocycles. The lowest BCUT2D eigenvalue weighted by molar-refractivity contribution is -0.118. The van der Waals surface area contributed by atoms with Crippen LogP contribution in [0.5, 0.6) is 0 Å². The molecule has 0 fully saturated rings. The molecule has 0 radical (unpaired) electrons. The Morgan fingerprint density at radius 1 is 1.11 bits per heavy atom. The van der Waals surface area contributed by atoms with Crippen LogP contribution in [0.15, 0.2) is 70.5 Å². The maximum atomic E-state index is 13.3. The number of hydrogen-bond donors (Lipinski definition) is 1. The van der Waals surface area contributed by atoms with E-state index in [4.69, 9.17) is 4.98 Å². The second-order valence-electron chi connectivity index (χ2n) is 8.55. The highest BCUT2D eigenvalue weighted by Crippen LogP contribution is 2.50. The van der Waals surface area contributed by atoms with Crippen LogP contribution in [-0.4, -0.2) is 10.8 Å². The molecular formula is C24H21BrN2O. The van der Waals surface area contributed by atoms with Crippen molar-refractivity contribution in [1.82, 2.24) is 4.98 Å². The minimum atomic E-state index is -0.106. The number of carbonyl (C=O) groups excluding carboxylic acids is 1. The number of halogens is 1. The molecule has 28 heavy (non-hydrogen) atoms. The number of Topliss-reactive ketones (excluding diaryl/α,β-unsaturated/α-hetero) is 1. The van der Waals surface area contributed by atoms with Gasteiger partial charge in [-0.3, -0.25) is 9.78 Å². The van der Waals surface area contributed by atoms with Crippen LogP contribution in [0.1, 0.15) is 43.7 Å². The van der Waals surface area contributed by atoms with Gasteiger partial charge in [-0.25, -0.2) is 0 Å². The Hall–Kier alpha value is -2.46. The number of ketones is 1. The summed E-state index contributed by atoms with van der Waals surface area (Å²) < 4.78 is 1.02. The molecule has 1 aliphatic carbocycles. The van der Waals surface area contributed by atoms with Crippen LogP contribution in [0.4, 0.5) is 5.69 Å². The highest BCUT2D eigenvalue weighted by molar-refractivity contribution is 9.10. The highest BCUT2D eigenvalue weighted by Gasteiger charge is 2.41. The van der Waals surface area contributed by atoms with Gasteiger partial charge >= 0.3 is 0 Å². The number of aromatic nitrogens is 1. The van der Waals surface area contributed by atoms with Crippen LogP contribution in [-0.2, 0) is 4.79 Å². The summed E-state index contributed by atoms with van der Waals surface area (Å²) in [6.45, 7) is 4.34. The zero-order valence-corrected chi connectivity index (χ0v) is 17.5. The van der Waals surface area contributed by atoms with Crippen LogP contribution in [0.25, 0.3) is 10.9 Å². The molecule has 1 aromatic heterocycles. The van der Waals surface area contributed by atoms with Crippen molar-refractivity contribution in [2.24, 2.45) is 5.41 Å². The molecule has 2 aromatic carbocycles. The number of nitrogens with one attached hydrogen (secondary N) is 1. The van der Waals surface area contributed by atoms with Gasteiger partial charge in [-0.1, -0.05) is 54.0 Å². The molecular weight excluding hydrogens is 412 g/mol. The maximum absolute atomic E-state index is 13.3. The third kappa shape index (κ3) is 2.78. The molecule has 2 heterocycles. The van der Waals surface area contributed by atoms with E-state index in [9.17, 15) is 4.79 Å². The summed E-state index contributed by atoms with van der Waals surface area (Å²) >= 11 is 3.61. The molecule has 0 spiro atoms. The summed E-state index contributed by atoms with van der Waals surface area (Å²) in [4.78, 5) is 18.0. The van der Waals surface area contributed by atoms with E-state index in [0.717, 1.165) is 49.9 Å². The number of benzene rings is 2. The van der Waals surface area contributed by atoms with E-state index in [0.29, 0.717) is 6.42 Å². The average molecular weight is 433 g/mol. The molecule has 3 aromatic rings. The average Bonchev–Trinajstić information content (AvgIpc) is 2.65. The first-order valence-electron chi connectivity index (χ1n) is 9.59. The van der Waals surface area contributed by atoms with Gasteiger partial charge in [0.1, 0.15) is 0 Å². The highest BCUT2D eigenvalue weighted by atomic mass is 79.9. The fraction of sp³-hybridized carbons (Fsp3) is 0.250. The van der Waals surface area contributed by atoms with Crippen molar-refractivity contribution in [1.29, 1.82) is 0 Å². The molecule has 2 aliphatic rings. The summed E-state index contributed by atoms with van der Waals surface area (Å²) in [5.41, 5.74) is 6.18. The van der Waals surface area contributed by atoms with Crippen molar-refractivity contribution in [2.75, 3.05) is 5.32 Å². The molecule has 0 bridgehead atoms. The zero-order valence-electron chi connectivity index (χ0n) is 15.9. The van der Waals surface area contributed by atoms with Crippen molar-refractivity contribution in [2.45, 2.75) is 32.6 Å². The molecule has 0 saturated heterocycles. The van der Waals surface area contributed by atoms with E-state index in [1.165, 1.54) is 0 Å². The Bertz CT molecular complexity index is 1160. The summed E-state index contributed by atoms with van der Waals surface area (Å²) in [5, 5.41) is 4.69. The second-order valence-corrected chi connectivity index (χ2v) is 9.46. The van der Waals surface area contributed by atoms with Crippen molar-refractivity contribution >= 4 is 38.3 Å². The van der Waals surface area contributed by atoms with E-state index >= 15 is 0 Å². The third-order valence-electron chi connectivity index (χ3n) is 5.78. The van der Waals surface area contributed by atoms with Gasteiger partial charge in [0.2, 0.25) is 0 Å². The van der Waals surface area contributed by atoms with Gasteiger partial charge in [-0.2, -0.15) is 0 Å². The number of hydrogen-bond acceptors (Lipinski definition) is 3. The van der Waals surface area contributed by atoms with Gasteiger partial charge in [0.25, 0.3) is 0 Å². The largest absolute Gasteiger partial charge is 0.358 e. The maximum Gasteiger partial charge on any atom is 0.162 e. The lowest BCUT2D eigenvalue weighted by atomic mass is 9.68. The van der Waals surface area contributed by atoms with E-state index in [1.807, 2.05) is 24.4 Å². The number of rotatable bonds is 1. The minimum absolute atomic E-state index is 0.0304. The van der Waals surface area contributed by atoms with E-state index in [1.54, 1.807) is 0 Å². The summed E-state index contributed by atoms with van der Waals surface area (Å²) in [5.74, 6) is 0.133. The predicted octanol–water partition coefficient (Wildman–Crippen LogP) is 6.20. The molecule has 4 heteroatoms. The lowest BCUT2D eigenvalue weighted by Crippen LogP contribution is -2.34. The van der Waals surface area contributed by atoms with Crippen LogP contribution < -0.4 is 5.32 Å². The Morgan fingerprint density at radius 2 is 1.96 bits per heavy atom. The fourth-order valence-electron chi connectivity index (χ4n) is 4.68. The Morgan fingerprint density at radius 3 is 2.79 bits per heavy atom. The van der Waals surface area contributed by atoms with Crippen molar-refractivity contribution in [3.8, 4) is 0 Å². The Labute approximate surface area is 173 Å². The topological polar surface area (TPSA) is 42.0 Å². The van der Waals surface area contributed by atoms with E-state index in [2.05, 4.69) is 65.4 Å². The number of nitrogens with zero attached hydrogens (tertiary/aromatic N) is 1. The minimum Gasteiger partial charge on any atom is -0.358 e. The molecule has 1 unspecified atom stereocenters. The molecule has 5 rings (SSSR count). The third-order valence-corrected chi connectivity index (χ3v) is 6.27. The second kappa shape index (κ2) is 6.28. The molecule has 1 N–H and O–H groups in total. The first-order valence-corrected chi connectivity index (χ1v) is 10.4. The molecule has 140 valence electrons. The van der Waals surface area contributed by atoms with Crippen molar-refractivity contribution in [3.05, 3.63) is 81.6 Å².